The molecule has 0 spiro atoms. The monoisotopic (exact) mass is 313 g/mol. The predicted octanol–water partition coefficient (Wildman–Crippen LogP) is 4.55. The lowest BCUT2D eigenvalue weighted by Gasteiger charge is -2.34. The smallest absolute Gasteiger partial charge is 0.220 e. The van der Waals surface area contributed by atoms with Crippen LogP contribution in [-0.4, -0.2) is 9.97 Å². The molecule has 2 atom stereocenters. The minimum absolute atomic E-state index is 0.0695. The Morgan fingerprint density at radius 3 is 2.64 bits per heavy atom. The lowest BCUT2D eigenvalue weighted by atomic mass is 9.70. The minimum atomic E-state index is 0.0695. The summed E-state index contributed by atoms with van der Waals surface area (Å²) in [6, 6.07) is 7.85. The molecule has 1 aromatic heterocycles. The van der Waals surface area contributed by atoms with Gasteiger partial charge in [-0.25, -0.2) is 9.97 Å². The zero-order valence-corrected chi connectivity index (χ0v) is 13.9. The van der Waals surface area contributed by atoms with Crippen molar-refractivity contribution in [1.29, 1.82) is 0 Å². The van der Waals surface area contributed by atoms with E-state index < -0.39 is 0 Å². The summed E-state index contributed by atoms with van der Waals surface area (Å²) in [6.45, 7) is 7.01. The molecule has 1 heterocycles. The number of nitrogens with two attached hydrogens (primary N) is 1. The molecule has 1 aromatic carbocycles. The zero-order valence-electron chi connectivity index (χ0n) is 13.2. The molecule has 3 nitrogen and oxygen atoms in total. The molecular formula is C18H20ClN3. The molecule has 2 aliphatic carbocycles. The quantitative estimate of drug-likeness (QED) is 0.840. The zero-order chi connectivity index (χ0) is 15.7. The Hall–Kier alpha value is -1.61. The molecule has 2 bridgehead atoms. The molecule has 4 rings (SSSR count). The van der Waals surface area contributed by atoms with Gasteiger partial charge in [0.1, 0.15) is 0 Å². The number of aromatic nitrogens is 2. The Morgan fingerprint density at radius 2 is 1.91 bits per heavy atom. The number of hydrogen-bond donors (Lipinski definition) is 1. The van der Waals surface area contributed by atoms with E-state index in [1.807, 2.05) is 24.3 Å². The van der Waals surface area contributed by atoms with E-state index in [0.29, 0.717) is 16.9 Å². The SMILES string of the molecule is CC12CCC(c3c(-c4ccccc4Cl)nc(N)nc31)C2(C)C. The van der Waals surface area contributed by atoms with E-state index in [-0.39, 0.29) is 10.8 Å². The summed E-state index contributed by atoms with van der Waals surface area (Å²) >= 11 is 6.42. The standard InChI is InChI=1S/C18H20ClN3/c1-17(2)11-8-9-18(17,3)15-13(11)14(21-16(20)22-15)10-6-4-5-7-12(10)19/h4-7,11H,8-9H2,1-3H3,(H2,20,21,22). The van der Waals surface area contributed by atoms with Crippen molar-refractivity contribution < 1.29 is 0 Å². The van der Waals surface area contributed by atoms with E-state index in [2.05, 4.69) is 30.7 Å². The van der Waals surface area contributed by atoms with Gasteiger partial charge in [-0.3, -0.25) is 0 Å². The second-order valence-electron chi connectivity index (χ2n) is 7.32. The second-order valence-corrected chi connectivity index (χ2v) is 7.72. The summed E-state index contributed by atoms with van der Waals surface area (Å²) in [6.07, 6.45) is 2.34. The van der Waals surface area contributed by atoms with Gasteiger partial charge in [-0.05, 0) is 30.2 Å². The average molecular weight is 314 g/mol. The third-order valence-electron chi connectivity index (χ3n) is 6.19. The Balaban J connectivity index is 2.05. The van der Waals surface area contributed by atoms with Crippen molar-refractivity contribution in [3.63, 3.8) is 0 Å². The fourth-order valence-corrected chi connectivity index (χ4v) is 4.75. The van der Waals surface area contributed by atoms with Crippen LogP contribution in [0.2, 0.25) is 5.02 Å². The first kappa shape index (κ1) is 14.0. The first-order valence-electron chi connectivity index (χ1n) is 7.79. The number of halogens is 1. The van der Waals surface area contributed by atoms with E-state index >= 15 is 0 Å². The number of anilines is 1. The van der Waals surface area contributed by atoms with Crippen LogP contribution in [0.4, 0.5) is 5.95 Å². The largest absolute Gasteiger partial charge is 0.368 e. The van der Waals surface area contributed by atoms with Crippen molar-refractivity contribution in [2.45, 2.75) is 44.9 Å². The van der Waals surface area contributed by atoms with Crippen molar-refractivity contribution in [2.24, 2.45) is 5.41 Å². The van der Waals surface area contributed by atoms with Gasteiger partial charge in [0, 0.05) is 21.6 Å². The molecule has 0 amide bonds. The number of nitrogen functional groups attached to an aromatic ring is 1. The molecule has 2 N–H and O–H groups in total. The number of benzene rings is 1. The van der Waals surface area contributed by atoms with Gasteiger partial charge in [0.25, 0.3) is 0 Å². The second kappa shape index (κ2) is 4.23. The highest BCUT2D eigenvalue weighted by Gasteiger charge is 2.61. The van der Waals surface area contributed by atoms with Crippen LogP contribution in [0, 0.1) is 5.41 Å². The highest BCUT2D eigenvalue weighted by Crippen LogP contribution is 2.68. The molecule has 4 heteroatoms. The molecule has 2 aliphatic rings. The fraction of sp³-hybridized carbons (Fsp3) is 0.444. The summed E-state index contributed by atoms with van der Waals surface area (Å²) in [5.41, 5.74) is 10.6. The van der Waals surface area contributed by atoms with Gasteiger partial charge in [0.2, 0.25) is 5.95 Å². The van der Waals surface area contributed by atoms with Crippen LogP contribution in [0.3, 0.4) is 0 Å². The third-order valence-corrected chi connectivity index (χ3v) is 6.52. The molecule has 0 radical (unpaired) electrons. The maximum atomic E-state index is 6.42. The predicted molar refractivity (Wildman–Crippen MR) is 90.0 cm³/mol. The van der Waals surface area contributed by atoms with Gasteiger partial charge < -0.3 is 5.73 Å². The van der Waals surface area contributed by atoms with Crippen molar-refractivity contribution >= 4 is 17.5 Å². The number of fused-ring (bicyclic) bond motifs is 5. The summed E-state index contributed by atoms with van der Waals surface area (Å²) in [7, 11) is 0. The van der Waals surface area contributed by atoms with Gasteiger partial charge in [0.15, 0.2) is 0 Å². The minimum Gasteiger partial charge on any atom is -0.368 e. The normalized spacial score (nSPS) is 27.9. The fourth-order valence-electron chi connectivity index (χ4n) is 4.53. The maximum absolute atomic E-state index is 6.42. The van der Waals surface area contributed by atoms with E-state index in [1.54, 1.807) is 0 Å². The van der Waals surface area contributed by atoms with Crippen LogP contribution in [0.25, 0.3) is 11.3 Å². The third kappa shape index (κ3) is 1.52. The Morgan fingerprint density at radius 1 is 1.18 bits per heavy atom. The van der Waals surface area contributed by atoms with Gasteiger partial charge in [-0.1, -0.05) is 50.6 Å². The Kier molecular flexibility index (Phi) is 2.69. The summed E-state index contributed by atoms with van der Waals surface area (Å²) in [5.74, 6) is 0.817. The highest BCUT2D eigenvalue weighted by molar-refractivity contribution is 6.33. The van der Waals surface area contributed by atoms with Crippen molar-refractivity contribution in [1.82, 2.24) is 9.97 Å². The van der Waals surface area contributed by atoms with Crippen LogP contribution in [0.5, 0.6) is 0 Å². The van der Waals surface area contributed by atoms with Crippen LogP contribution in [0.1, 0.15) is 50.8 Å². The lowest BCUT2D eigenvalue weighted by Crippen LogP contribution is -2.32. The molecular weight excluding hydrogens is 294 g/mol. The first-order chi connectivity index (χ1) is 10.4. The average Bonchev–Trinajstić information content (AvgIpc) is 2.79. The van der Waals surface area contributed by atoms with Crippen LogP contribution in [-0.2, 0) is 5.41 Å². The van der Waals surface area contributed by atoms with Gasteiger partial charge in [0.05, 0.1) is 11.4 Å². The molecule has 1 saturated carbocycles. The van der Waals surface area contributed by atoms with Crippen molar-refractivity contribution in [3.8, 4) is 11.3 Å². The molecule has 2 aromatic rings. The van der Waals surface area contributed by atoms with Gasteiger partial charge in [-0.15, -0.1) is 0 Å². The van der Waals surface area contributed by atoms with E-state index in [9.17, 15) is 0 Å². The number of rotatable bonds is 1. The van der Waals surface area contributed by atoms with Crippen LogP contribution in [0.15, 0.2) is 24.3 Å². The Labute approximate surface area is 135 Å². The molecule has 114 valence electrons. The van der Waals surface area contributed by atoms with Gasteiger partial charge in [-0.2, -0.15) is 0 Å². The lowest BCUT2D eigenvalue weighted by molar-refractivity contribution is 0.227. The number of hydrogen-bond acceptors (Lipinski definition) is 3. The maximum Gasteiger partial charge on any atom is 0.220 e. The molecule has 2 unspecified atom stereocenters. The van der Waals surface area contributed by atoms with Gasteiger partial charge >= 0.3 is 0 Å². The van der Waals surface area contributed by atoms with E-state index in [0.717, 1.165) is 23.4 Å². The Bertz CT molecular complexity index is 784. The van der Waals surface area contributed by atoms with Crippen LogP contribution >= 0.6 is 11.6 Å². The van der Waals surface area contributed by atoms with E-state index in [4.69, 9.17) is 17.3 Å². The molecule has 0 saturated heterocycles. The van der Waals surface area contributed by atoms with Crippen molar-refractivity contribution in [3.05, 3.63) is 40.5 Å². The topological polar surface area (TPSA) is 51.8 Å². The summed E-state index contributed by atoms with van der Waals surface area (Å²) < 4.78 is 0. The van der Waals surface area contributed by atoms with Crippen LogP contribution < -0.4 is 5.73 Å². The molecule has 0 aliphatic heterocycles. The first-order valence-corrected chi connectivity index (χ1v) is 8.17. The molecule has 1 fully saturated rings. The summed E-state index contributed by atoms with van der Waals surface area (Å²) in [4.78, 5) is 9.22. The van der Waals surface area contributed by atoms with Crippen molar-refractivity contribution in [2.75, 3.05) is 5.73 Å². The highest BCUT2D eigenvalue weighted by atomic mass is 35.5. The molecule has 22 heavy (non-hydrogen) atoms. The van der Waals surface area contributed by atoms with E-state index in [1.165, 1.54) is 12.0 Å². The number of nitrogens with zero attached hydrogens (tertiary/aromatic N) is 2. The summed E-state index contributed by atoms with van der Waals surface area (Å²) in [5, 5.41) is 0.716.